The van der Waals surface area contributed by atoms with Gasteiger partial charge in [-0.05, 0) is 59.0 Å². The third kappa shape index (κ3) is 2.28. The topological polar surface area (TPSA) is 22.0 Å². The largest absolute Gasteiger partial charge is 0.283 e. The molecule has 0 saturated heterocycles. The van der Waals surface area contributed by atoms with Crippen LogP contribution < -0.4 is 0 Å². The van der Waals surface area contributed by atoms with Crippen LogP contribution in [0.1, 0.15) is 10.4 Å². The van der Waals surface area contributed by atoms with Crippen molar-refractivity contribution in [1.82, 2.24) is 4.57 Å². The third-order valence-corrected chi connectivity index (χ3v) is 4.15. The maximum absolute atomic E-state index is 12.6. The number of hydrogen-bond acceptors (Lipinski definition) is 1. The second-order valence-electron chi connectivity index (χ2n) is 4.17. The van der Waals surface area contributed by atoms with E-state index in [0.29, 0.717) is 10.6 Å². The number of fused-ring (bicyclic) bond motifs is 1. The van der Waals surface area contributed by atoms with Gasteiger partial charge < -0.3 is 0 Å². The molecular weight excluding hydrogens is 373 g/mol. The fourth-order valence-corrected chi connectivity index (χ4v) is 2.85. The Kier molecular flexibility index (Phi) is 3.33. The minimum atomic E-state index is -0.0256. The number of hydrogen-bond donors (Lipinski definition) is 0. The van der Waals surface area contributed by atoms with E-state index in [-0.39, 0.29) is 5.91 Å². The van der Waals surface area contributed by atoms with Gasteiger partial charge in [0.25, 0.3) is 5.91 Å². The van der Waals surface area contributed by atoms with Gasteiger partial charge in [-0.3, -0.25) is 9.36 Å². The Morgan fingerprint density at radius 1 is 1.11 bits per heavy atom. The minimum Gasteiger partial charge on any atom is -0.283 e. The molecule has 4 heteroatoms. The second kappa shape index (κ2) is 4.98. The summed E-state index contributed by atoms with van der Waals surface area (Å²) in [5.74, 6) is -0.0256. The van der Waals surface area contributed by atoms with E-state index in [1.807, 2.05) is 42.5 Å². The molecule has 0 N–H and O–H groups in total. The first kappa shape index (κ1) is 12.7. The van der Waals surface area contributed by atoms with Gasteiger partial charge in [0.05, 0.1) is 11.1 Å². The second-order valence-corrected chi connectivity index (χ2v) is 5.77. The lowest BCUT2D eigenvalue weighted by Gasteiger charge is -2.06. The number of rotatable bonds is 1. The fourth-order valence-electron chi connectivity index (χ4n) is 2.05. The summed E-state index contributed by atoms with van der Waals surface area (Å²) in [5, 5.41) is 1.64. The van der Waals surface area contributed by atoms with Crippen molar-refractivity contribution in [2.24, 2.45) is 0 Å². The number of carbonyl (C=O) groups is 1. The summed E-state index contributed by atoms with van der Waals surface area (Å²) in [6, 6.07) is 15.0. The van der Waals surface area contributed by atoms with Crippen LogP contribution in [0, 0.1) is 3.57 Å². The van der Waals surface area contributed by atoms with Crippen LogP contribution in [0.5, 0.6) is 0 Å². The van der Waals surface area contributed by atoms with Crippen LogP contribution in [-0.2, 0) is 0 Å². The molecule has 19 heavy (non-hydrogen) atoms. The quantitative estimate of drug-likeness (QED) is 0.565. The Morgan fingerprint density at radius 2 is 1.89 bits per heavy atom. The summed E-state index contributed by atoms with van der Waals surface area (Å²) < 4.78 is 2.60. The first-order chi connectivity index (χ1) is 9.16. The van der Waals surface area contributed by atoms with Crippen molar-refractivity contribution in [2.45, 2.75) is 0 Å². The molecule has 3 rings (SSSR count). The van der Waals surface area contributed by atoms with E-state index in [1.165, 1.54) is 0 Å². The number of nitrogens with zero attached hydrogens (tertiary/aromatic N) is 1. The molecule has 1 aromatic heterocycles. The Bertz CT molecular complexity index is 779. The van der Waals surface area contributed by atoms with Crippen molar-refractivity contribution in [2.75, 3.05) is 0 Å². The molecule has 0 radical (unpaired) electrons. The number of carbonyl (C=O) groups excluding carboxylic acids is 1. The average molecular weight is 382 g/mol. The molecule has 0 atom stereocenters. The molecule has 0 aliphatic heterocycles. The molecule has 0 spiro atoms. The van der Waals surface area contributed by atoms with Gasteiger partial charge in [0.1, 0.15) is 0 Å². The zero-order valence-electron chi connectivity index (χ0n) is 9.81. The van der Waals surface area contributed by atoms with Crippen LogP contribution in [0.2, 0.25) is 5.02 Å². The van der Waals surface area contributed by atoms with Crippen LogP contribution in [0.25, 0.3) is 10.9 Å². The van der Waals surface area contributed by atoms with Gasteiger partial charge in [0.15, 0.2) is 0 Å². The SMILES string of the molecule is O=C(c1ccccc1I)n1ccc2cc(Cl)ccc21. The first-order valence-corrected chi connectivity index (χ1v) is 7.18. The average Bonchev–Trinajstić information content (AvgIpc) is 2.81. The predicted octanol–water partition coefficient (Wildman–Crippen LogP) is 4.59. The van der Waals surface area contributed by atoms with Gasteiger partial charge in [-0.25, -0.2) is 0 Å². The molecule has 1 heterocycles. The van der Waals surface area contributed by atoms with E-state index >= 15 is 0 Å². The van der Waals surface area contributed by atoms with Crippen molar-refractivity contribution in [3.05, 3.63) is 68.9 Å². The van der Waals surface area contributed by atoms with Crippen molar-refractivity contribution in [3.8, 4) is 0 Å². The molecule has 0 unspecified atom stereocenters. The molecule has 3 aromatic rings. The third-order valence-electron chi connectivity index (χ3n) is 2.98. The van der Waals surface area contributed by atoms with Crippen LogP contribution >= 0.6 is 34.2 Å². The lowest BCUT2D eigenvalue weighted by atomic mass is 10.2. The highest BCUT2D eigenvalue weighted by molar-refractivity contribution is 14.1. The molecular formula is C15H9ClINO. The summed E-state index contributed by atoms with van der Waals surface area (Å²) in [5.41, 5.74) is 1.57. The Balaban J connectivity index is 2.15. The standard InChI is InChI=1S/C15H9ClINO/c16-11-5-6-14-10(9-11)7-8-18(14)15(19)12-3-1-2-4-13(12)17/h1-9H. The number of aromatic nitrogens is 1. The smallest absolute Gasteiger partial charge is 0.263 e. The van der Waals surface area contributed by atoms with Crippen LogP contribution in [0.4, 0.5) is 0 Å². The molecule has 0 fully saturated rings. The normalized spacial score (nSPS) is 10.8. The van der Waals surface area contributed by atoms with Crippen molar-refractivity contribution < 1.29 is 4.79 Å². The minimum absolute atomic E-state index is 0.0256. The molecule has 2 nitrogen and oxygen atoms in total. The molecule has 2 aromatic carbocycles. The van der Waals surface area contributed by atoms with Gasteiger partial charge in [-0.1, -0.05) is 23.7 Å². The molecule has 0 bridgehead atoms. The monoisotopic (exact) mass is 381 g/mol. The fraction of sp³-hybridized carbons (Fsp3) is 0. The van der Waals surface area contributed by atoms with Gasteiger partial charge in [0, 0.05) is 20.2 Å². The first-order valence-electron chi connectivity index (χ1n) is 5.72. The maximum Gasteiger partial charge on any atom is 0.263 e. The van der Waals surface area contributed by atoms with E-state index in [4.69, 9.17) is 11.6 Å². The molecule has 0 amide bonds. The van der Waals surface area contributed by atoms with Gasteiger partial charge in [-0.15, -0.1) is 0 Å². The Labute approximate surface area is 129 Å². The lowest BCUT2D eigenvalue weighted by Crippen LogP contribution is -2.12. The molecule has 0 aliphatic rings. The van der Waals surface area contributed by atoms with Gasteiger partial charge >= 0.3 is 0 Å². The van der Waals surface area contributed by atoms with E-state index in [9.17, 15) is 4.79 Å². The highest BCUT2D eigenvalue weighted by Gasteiger charge is 2.13. The number of halogens is 2. The lowest BCUT2D eigenvalue weighted by molar-refractivity contribution is 0.0964. The Morgan fingerprint density at radius 3 is 2.68 bits per heavy atom. The van der Waals surface area contributed by atoms with Crippen LogP contribution in [-0.4, -0.2) is 10.5 Å². The number of benzene rings is 2. The van der Waals surface area contributed by atoms with E-state index in [2.05, 4.69) is 22.6 Å². The zero-order valence-corrected chi connectivity index (χ0v) is 12.7. The van der Waals surface area contributed by atoms with Crippen molar-refractivity contribution in [3.63, 3.8) is 0 Å². The summed E-state index contributed by atoms with van der Waals surface area (Å²) >= 11 is 8.13. The highest BCUT2D eigenvalue weighted by atomic mass is 127. The summed E-state index contributed by atoms with van der Waals surface area (Å²) in [6.07, 6.45) is 1.78. The summed E-state index contributed by atoms with van der Waals surface area (Å²) in [7, 11) is 0. The summed E-state index contributed by atoms with van der Waals surface area (Å²) in [6.45, 7) is 0. The van der Waals surface area contributed by atoms with E-state index in [0.717, 1.165) is 14.5 Å². The van der Waals surface area contributed by atoms with Crippen molar-refractivity contribution in [1.29, 1.82) is 0 Å². The van der Waals surface area contributed by atoms with Crippen molar-refractivity contribution >= 4 is 51.0 Å². The maximum atomic E-state index is 12.6. The molecule has 0 aliphatic carbocycles. The Hall–Kier alpha value is -1.33. The molecule has 0 saturated carbocycles. The zero-order chi connectivity index (χ0) is 13.4. The van der Waals surface area contributed by atoms with Gasteiger partial charge in [0.2, 0.25) is 0 Å². The van der Waals surface area contributed by atoms with E-state index < -0.39 is 0 Å². The highest BCUT2D eigenvalue weighted by Crippen LogP contribution is 2.22. The summed E-state index contributed by atoms with van der Waals surface area (Å²) in [4.78, 5) is 12.6. The van der Waals surface area contributed by atoms with E-state index in [1.54, 1.807) is 16.8 Å². The van der Waals surface area contributed by atoms with Crippen LogP contribution in [0.3, 0.4) is 0 Å². The molecule has 94 valence electrons. The predicted molar refractivity (Wildman–Crippen MR) is 85.8 cm³/mol. The van der Waals surface area contributed by atoms with Gasteiger partial charge in [-0.2, -0.15) is 0 Å². The van der Waals surface area contributed by atoms with Crippen LogP contribution in [0.15, 0.2) is 54.7 Å².